The molecule has 0 atom stereocenters. The zero-order chi connectivity index (χ0) is 12.3. The van der Waals surface area contributed by atoms with Gasteiger partial charge in [-0.15, -0.1) is 0 Å². The van der Waals surface area contributed by atoms with E-state index >= 15 is 0 Å². The maximum Gasteiger partial charge on any atom is 0.409 e. The summed E-state index contributed by atoms with van der Waals surface area (Å²) in [5.74, 6) is -0.0284. The van der Waals surface area contributed by atoms with Crippen LogP contribution >= 0.6 is 0 Å². The third-order valence-corrected chi connectivity index (χ3v) is 0.890. The second-order valence-electron chi connectivity index (χ2n) is 2.49. The minimum absolute atomic E-state index is 0.313. The van der Waals surface area contributed by atoms with E-state index in [0.29, 0.717) is 12.4 Å². The van der Waals surface area contributed by atoms with Crippen molar-refractivity contribution in [3.05, 3.63) is 25.0 Å². The molecule has 0 unspecified atom stereocenters. The normalized spacial score (nSPS) is 7.87. The minimum atomic E-state index is -0.812. The number of esters is 1. The van der Waals surface area contributed by atoms with E-state index < -0.39 is 6.09 Å². The molecular formula is C10H17NO4. The van der Waals surface area contributed by atoms with Crippen molar-refractivity contribution in [1.82, 2.24) is 0 Å². The van der Waals surface area contributed by atoms with Crippen LogP contribution < -0.4 is 5.73 Å². The zero-order valence-corrected chi connectivity index (χ0v) is 9.12. The fourth-order valence-corrected chi connectivity index (χ4v) is 0.433. The highest BCUT2D eigenvalue weighted by atomic mass is 16.5. The van der Waals surface area contributed by atoms with E-state index in [4.69, 9.17) is 0 Å². The maximum absolute atomic E-state index is 10.2. The maximum atomic E-state index is 10.2. The Morgan fingerprint density at radius 2 is 2.00 bits per heavy atom. The largest absolute Gasteiger partial charge is 0.463 e. The molecular weight excluding hydrogens is 198 g/mol. The third kappa shape index (κ3) is 18.9. The Hall–Kier alpha value is -1.78. The Bertz CT molecular complexity index is 224. The molecule has 0 spiro atoms. The number of hydrogen-bond donors (Lipinski definition) is 1. The second-order valence-corrected chi connectivity index (χ2v) is 2.49. The fraction of sp³-hybridized carbons (Fsp3) is 0.400. The molecule has 0 aliphatic carbocycles. The number of nitrogens with two attached hydrogens (primary N) is 1. The summed E-state index contributed by atoms with van der Waals surface area (Å²) in [5, 5.41) is 0. The van der Waals surface area contributed by atoms with Crippen molar-refractivity contribution < 1.29 is 19.1 Å². The smallest absolute Gasteiger partial charge is 0.409 e. The number of carbonyl (C=O) groups excluding carboxylic acids is 2. The summed E-state index contributed by atoms with van der Waals surface area (Å²) in [7, 11) is 0. The van der Waals surface area contributed by atoms with E-state index in [2.05, 4.69) is 28.4 Å². The number of hydrogen-bond acceptors (Lipinski definition) is 4. The van der Waals surface area contributed by atoms with Crippen molar-refractivity contribution in [2.75, 3.05) is 6.61 Å². The van der Waals surface area contributed by atoms with Gasteiger partial charge in [-0.2, -0.15) is 0 Å². The zero-order valence-electron chi connectivity index (χ0n) is 9.12. The summed E-state index contributed by atoms with van der Waals surface area (Å²) in [6, 6.07) is 0. The lowest BCUT2D eigenvalue weighted by Crippen LogP contribution is -2.10. The first-order chi connectivity index (χ1) is 6.93. The molecule has 86 valence electrons. The average molecular weight is 215 g/mol. The highest BCUT2D eigenvalue weighted by molar-refractivity contribution is 5.81. The Kier molecular flexibility index (Phi) is 10.8. The molecule has 1 amide bonds. The van der Waals surface area contributed by atoms with Crippen LogP contribution in [-0.4, -0.2) is 18.7 Å². The fourth-order valence-electron chi connectivity index (χ4n) is 0.433. The molecule has 0 bridgehead atoms. The highest BCUT2D eigenvalue weighted by Crippen LogP contribution is 1.86. The predicted molar refractivity (Wildman–Crippen MR) is 56.9 cm³/mol. The number of ether oxygens (including phenoxy) is 2. The van der Waals surface area contributed by atoms with E-state index in [-0.39, 0.29) is 5.97 Å². The minimum Gasteiger partial charge on any atom is -0.463 e. The standard InChI is InChI=1S/C6H10O2.C4H7NO2/c1-3-5-8-6(7)4-2;1-3(2)7-4(5)6/h4H,2-3,5H2,1H3;1H2,2H3,(H2,5,6). The number of rotatable bonds is 4. The molecule has 5 nitrogen and oxygen atoms in total. The molecule has 0 rings (SSSR count). The Morgan fingerprint density at radius 3 is 2.20 bits per heavy atom. The molecule has 0 saturated heterocycles. The van der Waals surface area contributed by atoms with Gasteiger partial charge in [-0.05, 0) is 13.3 Å². The van der Waals surface area contributed by atoms with Gasteiger partial charge in [0.15, 0.2) is 0 Å². The van der Waals surface area contributed by atoms with Gasteiger partial charge in [-0.3, -0.25) is 0 Å². The Labute approximate surface area is 89.5 Å². The summed E-state index contributed by atoms with van der Waals surface area (Å²) in [6.45, 7) is 10.5. The quantitative estimate of drug-likeness (QED) is 0.440. The summed E-state index contributed by atoms with van der Waals surface area (Å²) >= 11 is 0. The van der Waals surface area contributed by atoms with Gasteiger partial charge in [0.2, 0.25) is 0 Å². The number of allylic oxidation sites excluding steroid dienone is 1. The first-order valence-corrected chi connectivity index (χ1v) is 4.36. The van der Waals surface area contributed by atoms with Crippen LogP contribution in [0.25, 0.3) is 0 Å². The van der Waals surface area contributed by atoms with E-state index in [1.165, 1.54) is 0 Å². The molecule has 5 heteroatoms. The molecule has 0 saturated carbocycles. The highest BCUT2D eigenvalue weighted by Gasteiger charge is 1.89. The van der Waals surface area contributed by atoms with Gasteiger partial charge in [-0.1, -0.05) is 20.1 Å². The Balaban J connectivity index is 0. The van der Waals surface area contributed by atoms with Crippen molar-refractivity contribution in [3.8, 4) is 0 Å². The first-order valence-electron chi connectivity index (χ1n) is 4.36. The summed E-state index contributed by atoms with van der Waals surface area (Å²) in [4.78, 5) is 20.0. The molecule has 0 aromatic heterocycles. The van der Waals surface area contributed by atoms with Crippen LogP contribution in [0.4, 0.5) is 4.79 Å². The lowest BCUT2D eigenvalue weighted by molar-refractivity contribution is -0.137. The molecule has 0 aromatic rings. The van der Waals surface area contributed by atoms with Gasteiger partial charge in [0.25, 0.3) is 0 Å². The summed E-state index contributed by atoms with van der Waals surface area (Å²) in [5.41, 5.74) is 4.57. The van der Waals surface area contributed by atoms with Crippen LogP contribution in [0.1, 0.15) is 20.3 Å². The molecule has 0 aromatic carbocycles. The van der Waals surface area contributed by atoms with Crippen LogP contribution in [0.5, 0.6) is 0 Å². The SMILES string of the molecule is C=C(C)OC(N)=O.C=CC(=O)OCCC. The van der Waals surface area contributed by atoms with Crippen molar-refractivity contribution in [3.63, 3.8) is 0 Å². The van der Waals surface area contributed by atoms with Gasteiger partial charge in [0, 0.05) is 6.08 Å². The molecule has 0 radical (unpaired) electrons. The monoisotopic (exact) mass is 215 g/mol. The van der Waals surface area contributed by atoms with Gasteiger partial charge in [0.1, 0.15) is 0 Å². The van der Waals surface area contributed by atoms with Crippen molar-refractivity contribution >= 4 is 12.1 Å². The summed E-state index contributed by atoms with van der Waals surface area (Å²) in [6.07, 6.45) is 1.21. The van der Waals surface area contributed by atoms with Crippen molar-refractivity contribution in [2.45, 2.75) is 20.3 Å². The van der Waals surface area contributed by atoms with E-state index in [1.807, 2.05) is 6.92 Å². The van der Waals surface area contributed by atoms with Gasteiger partial charge >= 0.3 is 12.1 Å². The van der Waals surface area contributed by atoms with Crippen molar-refractivity contribution in [2.24, 2.45) is 5.73 Å². The predicted octanol–water partition coefficient (Wildman–Crippen LogP) is 1.74. The lowest BCUT2D eigenvalue weighted by atomic mass is 10.5. The van der Waals surface area contributed by atoms with E-state index in [1.54, 1.807) is 6.92 Å². The number of amides is 1. The van der Waals surface area contributed by atoms with Gasteiger partial charge in [0.05, 0.1) is 12.4 Å². The topological polar surface area (TPSA) is 78.6 Å². The Morgan fingerprint density at radius 1 is 1.47 bits per heavy atom. The van der Waals surface area contributed by atoms with Gasteiger partial charge < -0.3 is 15.2 Å². The lowest BCUT2D eigenvalue weighted by Gasteiger charge is -1.94. The first kappa shape index (κ1) is 15.7. The van der Waals surface area contributed by atoms with E-state index in [0.717, 1.165) is 12.5 Å². The van der Waals surface area contributed by atoms with Crippen LogP contribution in [0, 0.1) is 0 Å². The summed E-state index contributed by atoms with van der Waals surface area (Å²) < 4.78 is 8.78. The van der Waals surface area contributed by atoms with Crippen molar-refractivity contribution in [1.29, 1.82) is 0 Å². The molecule has 0 aliphatic rings. The molecule has 15 heavy (non-hydrogen) atoms. The second kappa shape index (κ2) is 10.3. The van der Waals surface area contributed by atoms with Crippen LogP contribution in [0.2, 0.25) is 0 Å². The number of primary amides is 1. The number of carbonyl (C=O) groups is 2. The molecule has 0 heterocycles. The molecule has 0 aliphatic heterocycles. The van der Waals surface area contributed by atoms with E-state index in [9.17, 15) is 9.59 Å². The average Bonchev–Trinajstić information content (AvgIpc) is 2.12. The van der Waals surface area contributed by atoms with Crippen LogP contribution in [0.3, 0.4) is 0 Å². The third-order valence-electron chi connectivity index (χ3n) is 0.890. The van der Waals surface area contributed by atoms with Crippen LogP contribution in [0.15, 0.2) is 25.0 Å². The van der Waals surface area contributed by atoms with Crippen LogP contribution in [-0.2, 0) is 14.3 Å². The molecule has 0 fully saturated rings. The van der Waals surface area contributed by atoms with Gasteiger partial charge in [-0.25, -0.2) is 9.59 Å². The molecule has 2 N–H and O–H groups in total.